The van der Waals surface area contributed by atoms with E-state index in [1.807, 2.05) is 12.3 Å². The molecular weight excluding hydrogens is 313 g/mol. The van der Waals surface area contributed by atoms with Crippen LogP contribution >= 0.6 is 11.8 Å². The number of benzene rings is 1. The smallest absolute Gasteiger partial charge is 0.191 e. The number of hydrogen-bond acceptors (Lipinski definition) is 3. The Morgan fingerprint density at radius 2 is 2.09 bits per heavy atom. The average Bonchev–Trinajstić information content (AvgIpc) is 2.51. The molecule has 23 heavy (non-hydrogen) atoms. The summed E-state index contributed by atoms with van der Waals surface area (Å²) in [6.07, 6.45) is 2.01. The minimum Gasteiger partial charge on any atom is -0.379 e. The Balaban J connectivity index is 2.42. The summed E-state index contributed by atoms with van der Waals surface area (Å²) >= 11 is 1.68. The normalized spacial score (nSPS) is 11.8. The van der Waals surface area contributed by atoms with Crippen LogP contribution in [0.15, 0.2) is 23.2 Å². The fraction of sp³-hybridized carbons (Fsp3) is 0.588. The van der Waals surface area contributed by atoms with Crippen LogP contribution < -0.4 is 10.6 Å². The predicted octanol–water partition coefficient (Wildman–Crippen LogP) is 3.03. The van der Waals surface area contributed by atoms with Gasteiger partial charge in [0.15, 0.2) is 5.96 Å². The highest BCUT2D eigenvalue weighted by molar-refractivity contribution is 7.97. The highest BCUT2D eigenvalue weighted by atomic mass is 32.2. The molecule has 0 atom stereocenters. The fourth-order valence-corrected chi connectivity index (χ4v) is 2.60. The third kappa shape index (κ3) is 8.23. The Hall–Kier alpha value is -1.27. The number of ether oxygens (including phenoxy) is 1. The van der Waals surface area contributed by atoms with Crippen LogP contribution in [0.25, 0.3) is 0 Å². The summed E-state index contributed by atoms with van der Waals surface area (Å²) in [4.78, 5) is 4.19. The van der Waals surface area contributed by atoms with E-state index in [4.69, 9.17) is 4.74 Å². The number of rotatable bonds is 9. The van der Waals surface area contributed by atoms with Crippen molar-refractivity contribution >= 4 is 17.7 Å². The molecule has 0 aliphatic heterocycles. The van der Waals surface area contributed by atoms with Gasteiger partial charge >= 0.3 is 0 Å². The van der Waals surface area contributed by atoms with Crippen molar-refractivity contribution in [3.63, 3.8) is 0 Å². The lowest BCUT2D eigenvalue weighted by molar-refractivity contribution is 0.114. The van der Waals surface area contributed by atoms with Gasteiger partial charge in [-0.25, -0.2) is 4.39 Å². The van der Waals surface area contributed by atoms with Crippen LogP contribution in [0.4, 0.5) is 4.39 Å². The van der Waals surface area contributed by atoms with Crippen molar-refractivity contribution in [1.82, 2.24) is 10.6 Å². The summed E-state index contributed by atoms with van der Waals surface area (Å²) < 4.78 is 18.9. The van der Waals surface area contributed by atoms with Gasteiger partial charge in [0.2, 0.25) is 0 Å². The maximum atomic E-state index is 13.4. The van der Waals surface area contributed by atoms with Gasteiger partial charge in [0.05, 0.1) is 6.61 Å². The number of guanidine groups is 1. The molecule has 0 amide bonds. The van der Waals surface area contributed by atoms with Crippen LogP contribution in [0.3, 0.4) is 0 Å². The van der Waals surface area contributed by atoms with Gasteiger partial charge in [-0.05, 0) is 35.4 Å². The first-order valence-electron chi connectivity index (χ1n) is 7.85. The van der Waals surface area contributed by atoms with E-state index in [0.29, 0.717) is 25.6 Å². The molecule has 0 aliphatic carbocycles. The molecule has 130 valence electrons. The van der Waals surface area contributed by atoms with Crippen molar-refractivity contribution in [3.05, 3.63) is 35.1 Å². The first-order valence-corrected chi connectivity index (χ1v) is 9.24. The molecule has 2 N–H and O–H groups in total. The molecule has 0 saturated carbocycles. The van der Waals surface area contributed by atoms with Crippen LogP contribution in [-0.4, -0.2) is 39.0 Å². The molecule has 1 aromatic rings. The topological polar surface area (TPSA) is 45.7 Å². The molecule has 0 fully saturated rings. The number of thioether (sulfide) groups is 1. The lowest BCUT2D eigenvalue weighted by Crippen LogP contribution is -2.38. The lowest BCUT2D eigenvalue weighted by atomic mass is 10.1. The highest BCUT2D eigenvalue weighted by Crippen LogP contribution is 2.16. The first-order chi connectivity index (χ1) is 11.1. The zero-order valence-electron chi connectivity index (χ0n) is 14.5. The van der Waals surface area contributed by atoms with Crippen LogP contribution in [-0.2, 0) is 17.0 Å². The number of hydrogen-bond donors (Lipinski definition) is 2. The second-order valence-electron chi connectivity index (χ2n) is 5.67. The van der Waals surface area contributed by atoms with Crippen LogP contribution in [0, 0.1) is 11.7 Å². The highest BCUT2D eigenvalue weighted by Gasteiger charge is 2.05. The molecule has 0 saturated heterocycles. The van der Waals surface area contributed by atoms with Crippen molar-refractivity contribution in [2.24, 2.45) is 10.9 Å². The Morgan fingerprint density at radius 1 is 1.30 bits per heavy atom. The molecule has 1 rings (SSSR count). The molecule has 1 aromatic carbocycles. The van der Waals surface area contributed by atoms with E-state index in [2.05, 4.69) is 29.5 Å². The van der Waals surface area contributed by atoms with Gasteiger partial charge in [-0.2, -0.15) is 11.8 Å². The molecule has 0 radical (unpaired) electrons. The summed E-state index contributed by atoms with van der Waals surface area (Å²) in [7, 11) is 1.73. The number of aliphatic imine (C=N–C) groups is 1. The van der Waals surface area contributed by atoms with E-state index < -0.39 is 0 Å². The molecular formula is C17H28FN3OS. The van der Waals surface area contributed by atoms with E-state index in [0.717, 1.165) is 29.4 Å². The zero-order valence-corrected chi connectivity index (χ0v) is 15.3. The lowest BCUT2D eigenvalue weighted by Gasteiger charge is -2.14. The van der Waals surface area contributed by atoms with Crippen molar-refractivity contribution in [3.8, 4) is 0 Å². The monoisotopic (exact) mass is 341 g/mol. The van der Waals surface area contributed by atoms with Gasteiger partial charge in [-0.3, -0.25) is 4.99 Å². The van der Waals surface area contributed by atoms with Gasteiger partial charge in [0.1, 0.15) is 5.82 Å². The van der Waals surface area contributed by atoms with Crippen molar-refractivity contribution < 1.29 is 9.13 Å². The Labute approximate surface area is 143 Å². The Morgan fingerprint density at radius 3 is 2.74 bits per heavy atom. The predicted molar refractivity (Wildman–Crippen MR) is 97.5 cm³/mol. The molecule has 0 unspecified atom stereocenters. The second kappa shape index (κ2) is 11.3. The number of nitrogens with one attached hydrogen (secondary N) is 2. The maximum absolute atomic E-state index is 13.4. The molecule has 0 bridgehead atoms. The van der Waals surface area contributed by atoms with Crippen LogP contribution in [0.2, 0.25) is 0 Å². The third-order valence-electron chi connectivity index (χ3n) is 3.13. The van der Waals surface area contributed by atoms with Gasteiger partial charge in [-0.1, -0.05) is 19.9 Å². The van der Waals surface area contributed by atoms with E-state index in [-0.39, 0.29) is 5.82 Å². The van der Waals surface area contributed by atoms with Crippen molar-refractivity contribution in [2.45, 2.75) is 26.1 Å². The number of nitrogens with zero attached hydrogens (tertiary/aromatic N) is 1. The fourth-order valence-electron chi connectivity index (χ4n) is 2.02. The van der Waals surface area contributed by atoms with Crippen molar-refractivity contribution in [1.29, 1.82) is 0 Å². The molecule has 6 heteroatoms. The second-order valence-corrected chi connectivity index (χ2v) is 6.53. The van der Waals surface area contributed by atoms with Gasteiger partial charge in [-0.15, -0.1) is 0 Å². The number of halogens is 1. The van der Waals surface area contributed by atoms with Crippen molar-refractivity contribution in [2.75, 3.05) is 33.1 Å². The standard InChI is InChI=1S/C17H28FN3OS/c1-13(2)11-22-8-7-20-17(19-3)21-10-14-5-6-16(18)9-15(14)12-23-4/h5-6,9,13H,7-8,10-12H2,1-4H3,(H2,19,20,21). The van der Waals surface area contributed by atoms with Gasteiger partial charge in [0, 0.05) is 32.5 Å². The Bertz CT molecular complexity index is 495. The first kappa shape index (κ1) is 19.8. The summed E-state index contributed by atoms with van der Waals surface area (Å²) in [6.45, 7) is 6.98. The molecule has 0 aliphatic rings. The summed E-state index contributed by atoms with van der Waals surface area (Å²) in [6, 6.07) is 4.92. The third-order valence-corrected chi connectivity index (χ3v) is 3.73. The summed E-state index contributed by atoms with van der Waals surface area (Å²) in [5, 5.41) is 6.47. The minimum absolute atomic E-state index is 0.192. The van der Waals surface area contributed by atoms with E-state index in [9.17, 15) is 4.39 Å². The Kier molecular flexibility index (Phi) is 9.71. The molecule has 0 aromatic heterocycles. The maximum Gasteiger partial charge on any atom is 0.191 e. The summed E-state index contributed by atoms with van der Waals surface area (Å²) in [5.41, 5.74) is 2.10. The largest absolute Gasteiger partial charge is 0.379 e. The summed E-state index contributed by atoms with van der Waals surface area (Å²) in [5.74, 6) is 1.87. The molecule has 4 nitrogen and oxygen atoms in total. The van der Waals surface area contributed by atoms with Gasteiger partial charge in [0.25, 0.3) is 0 Å². The molecule has 0 spiro atoms. The quantitative estimate of drug-likeness (QED) is 0.412. The van der Waals surface area contributed by atoms with E-state index in [1.54, 1.807) is 24.9 Å². The van der Waals surface area contributed by atoms with E-state index in [1.165, 1.54) is 6.07 Å². The molecule has 0 heterocycles. The van der Waals surface area contributed by atoms with Gasteiger partial charge < -0.3 is 15.4 Å². The SMILES string of the molecule is CN=C(NCCOCC(C)C)NCc1ccc(F)cc1CSC. The van der Waals surface area contributed by atoms with Crippen LogP contribution in [0.5, 0.6) is 0 Å². The van der Waals surface area contributed by atoms with Crippen LogP contribution in [0.1, 0.15) is 25.0 Å². The minimum atomic E-state index is -0.192. The van der Waals surface area contributed by atoms with E-state index >= 15 is 0 Å². The zero-order chi connectivity index (χ0) is 17.1. The average molecular weight is 341 g/mol.